The Morgan fingerprint density at radius 1 is 1.08 bits per heavy atom. The number of hydrogen-bond donors (Lipinski definition) is 0. The van der Waals surface area contributed by atoms with Crippen LogP contribution in [0.2, 0.25) is 0 Å². The molecule has 1 fully saturated rings. The molecule has 0 spiro atoms. The van der Waals surface area contributed by atoms with Crippen molar-refractivity contribution >= 4 is 11.7 Å². The van der Waals surface area contributed by atoms with E-state index in [2.05, 4.69) is 26.3 Å². The average Bonchev–Trinajstić information content (AvgIpc) is 3.11. The fraction of sp³-hybridized carbons (Fsp3) is 0.471. The molecule has 0 aromatic carbocycles. The molecule has 0 bridgehead atoms. The summed E-state index contributed by atoms with van der Waals surface area (Å²) in [5, 5.41) is 12.7. The van der Waals surface area contributed by atoms with Crippen LogP contribution in [0.1, 0.15) is 28.2 Å². The van der Waals surface area contributed by atoms with Crippen LogP contribution in [0.25, 0.3) is 0 Å². The fourth-order valence-corrected chi connectivity index (χ4v) is 3.39. The summed E-state index contributed by atoms with van der Waals surface area (Å²) >= 11 is 0. The Hall–Kier alpha value is -2.77. The normalized spacial score (nSPS) is 16.8. The van der Waals surface area contributed by atoms with Gasteiger partial charge in [0.25, 0.3) is 11.5 Å². The van der Waals surface area contributed by atoms with Crippen molar-refractivity contribution in [3.63, 3.8) is 0 Å². The molecular formula is C17H20N6O2. The van der Waals surface area contributed by atoms with Crippen LogP contribution in [0, 0.1) is 0 Å². The molecule has 130 valence electrons. The molecule has 1 aliphatic carbocycles. The summed E-state index contributed by atoms with van der Waals surface area (Å²) in [6.45, 7) is 2.63. The lowest BCUT2D eigenvalue weighted by atomic mass is 10.2. The van der Waals surface area contributed by atoms with Crippen molar-refractivity contribution in [2.24, 2.45) is 7.05 Å². The van der Waals surface area contributed by atoms with Crippen LogP contribution in [-0.2, 0) is 19.9 Å². The number of carbonyl (C=O) groups is 1. The second-order valence-electron chi connectivity index (χ2n) is 6.49. The highest BCUT2D eigenvalue weighted by atomic mass is 16.2. The summed E-state index contributed by atoms with van der Waals surface area (Å²) < 4.78 is 1.18. The standard InChI is InChI=1S/C17H20N6O2/c1-21-16(24)6-5-14(20-21)17(25)23-9-7-22(8-10-23)15-11-12-3-2-4-13(12)18-19-15/h5-6,11H,2-4,7-10H2,1H3. The Labute approximate surface area is 145 Å². The number of rotatable bonds is 2. The maximum Gasteiger partial charge on any atom is 0.274 e. The average molecular weight is 340 g/mol. The summed E-state index contributed by atoms with van der Waals surface area (Å²) in [7, 11) is 1.55. The molecule has 25 heavy (non-hydrogen) atoms. The monoisotopic (exact) mass is 340 g/mol. The van der Waals surface area contributed by atoms with E-state index in [1.807, 2.05) is 0 Å². The second kappa shape index (κ2) is 6.27. The number of anilines is 1. The topological polar surface area (TPSA) is 84.2 Å². The van der Waals surface area contributed by atoms with Crippen LogP contribution >= 0.6 is 0 Å². The lowest BCUT2D eigenvalue weighted by Crippen LogP contribution is -2.49. The minimum atomic E-state index is -0.225. The fourth-order valence-electron chi connectivity index (χ4n) is 3.39. The molecule has 2 aromatic rings. The first-order chi connectivity index (χ1) is 12.1. The molecule has 1 amide bonds. The van der Waals surface area contributed by atoms with Crippen LogP contribution in [0.5, 0.6) is 0 Å². The maximum atomic E-state index is 12.6. The molecule has 8 heteroatoms. The SMILES string of the molecule is Cn1nc(C(=O)N2CCN(c3cc4c(nn3)CCC4)CC2)ccc1=O. The van der Waals surface area contributed by atoms with E-state index < -0.39 is 0 Å². The first-order valence-electron chi connectivity index (χ1n) is 8.56. The van der Waals surface area contributed by atoms with E-state index in [0.29, 0.717) is 31.9 Å². The number of amides is 1. The molecule has 0 radical (unpaired) electrons. The maximum absolute atomic E-state index is 12.6. The van der Waals surface area contributed by atoms with Crippen molar-refractivity contribution in [1.82, 2.24) is 24.9 Å². The first-order valence-corrected chi connectivity index (χ1v) is 8.56. The summed E-state index contributed by atoms with van der Waals surface area (Å²) in [5.74, 6) is 0.753. The van der Waals surface area contributed by atoms with Crippen LogP contribution in [-0.4, -0.2) is 57.0 Å². The Kier molecular flexibility index (Phi) is 3.95. The number of nitrogens with zero attached hydrogens (tertiary/aromatic N) is 6. The Morgan fingerprint density at radius 3 is 2.64 bits per heavy atom. The van der Waals surface area contributed by atoms with Crippen molar-refractivity contribution in [2.75, 3.05) is 31.1 Å². The number of aromatic nitrogens is 4. The molecule has 3 heterocycles. The smallest absolute Gasteiger partial charge is 0.274 e. The van der Waals surface area contributed by atoms with Gasteiger partial charge in [0.05, 0.1) is 5.69 Å². The molecule has 1 saturated heterocycles. The third-order valence-electron chi connectivity index (χ3n) is 4.88. The largest absolute Gasteiger partial charge is 0.352 e. The van der Waals surface area contributed by atoms with Gasteiger partial charge in [0.1, 0.15) is 5.69 Å². The lowest BCUT2D eigenvalue weighted by Gasteiger charge is -2.35. The lowest BCUT2D eigenvalue weighted by molar-refractivity contribution is 0.0738. The second-order valence-corrected chi connectivity index (χ2v) is 6.49. The highest BCUT2D eigenvalue weighted by Crippen LogP contribution is 2.23. The van der Waals surface area contributed by atoms with Gasteiger partial charge in [-0.15, -0.1) is 5.10 Å². The highest BCUT2D eigenvalue weighted by Gasteiger charge is 2.25. The van der Waals surface area contributed by atoms with Crippen molar-refractivity contribution in [1.29, 1.82) is 0 Å². The number of aryl methyl sites for hydroxylation is 3. The zero-order valence-corrected chi connectivity index (χ0v) is 14.2. The molecule has 0 saturated carbocycles. The minimum absolute atomic E-state index is 0.143. The van der Waals surface area contributed by atoms with Crippen LogP contribution in [0.4, 0.5) is 5.82 Å². The molecular weight excluding hydrogens is 320 g/mol. The van der Waals surface area contributed by atoms with Crippen molar-refractivity contribution in [3.05, 3.63) is 45.5 Å². The van der Waals surface area contributed by atoms with E-state index >= 15 is 0 Å². The van der Waals surface area contributed by atoms with E-state index in [9.17, 15) is 9.59 Å². The Balaban J connectivity index is 1.43. The predicted molar refractivity (Wildman–Crippen MR) is 91.7 cm³/mol. The Bertz CT molecular complexity index is 870. The highest BCUT2D eigenvalue weighted by molar-refractivity contribution is 5.92. The zero-order chi connectivity index (χ0) is 17.4. The summed E-state index contributed by atoms with van der Waals surface area (Å²) in [5.41, 5.74) is 2.50. The summed E-state index contributed by atoms with van der Waals surface area (Å²) in [6.07, 6.45) is 3.26. The van der Waals surface area contributed by atoms with Crippen molar-refractivity contribution in [2.45, 2.75) is 19.3 Å². The molecule has 1 aliphatic heterocycles. The third kappa shape index (κ3) is 2.99. The number of fused-ring (bicyclic) bond motifs is 1. The predicted octanol–water partition coefficient (Wildman–Crippen LogP) is 0.0214. The molecule has 0 atom stereocenters. The molecule has 4 rings (SSSR count). The number of hydrogen-bond acceptors (Lipinski definition) is 6. The van der Waals surface area contributed by atoms with E-state index in [1.54, 1.807) is 11.9 Å². The Morgan fingerprint density at radius 2 is 1.88 bits per heavy atom. The van der Waals surface area contributed by atoms with E-state index in [-0.39, 0.29) is 11.5 Å². The third-order valence-corrected chi connectivity index (χ3v) is 4.88. The van der Waals surface area contributed by atoms with E-state index in [4.69, 9.17) is 0 Å². The van der Waals surface area contributed by atoms with Crippen molar-refractivity contribution in [3.8, 4) is 0 Å². The minimum Gasteiger partial charge on any atom is -0.352 e. The van der Waals surface area contributed by atoms with Gasteiger partial charge in [-0.1, -0.05) is 0 Å². The van der Waals surface area contributed by atoms with Gasteiger partial charge in [-0.25, -0.2) is 4.68 Å². The van der Waals surface area contributed by atoms with Gasteiger partial charge >= 0.3 is 0 Å². The van der Waals surface area contributed by atoms with Crippen LogP contribution in [0.3, 0.4) is 0 Å². The molecule has 0 unspecified atom stereocenters. The van der Waals surface area contributed by atoms with Crippen molar-refractivity contribution < 1.29 is 4.79 Å². The van der Waals surface area contributed by atoms with E-state index in [1.165, 1.54) is 22.4 Å². The van der Waals surface area contributed by atoms with Gasteiger partial charge < -0.3 is 9.80 Å². The number of piperazine rings is 1. The first kappa shape index (κ1) is 15.7. The van der Waals surface area contributed by atoms with Gasteiger partial charge in [-0.3, -0.25) is 9.59 Å². The molecule has 2 aromatic heterocycles. The van der Waals surface area contributed by atoms with Crippen LogP contribution < -0.4 is 10.5 Å². The quantitative estimate of drug-likeness (QED) is 0.766. The van der Waals surface area contributed by atoms with Gasteiger partial charge in [0, 0.05) is 39.3 Å². The van der Waals surface area contributed by atoms with Gasteiger partial charge in [0.15, 0.2) is 5.82 Å². The zero-order valence-electron chi connectivity index (χ0n) is 14.2. The van der Waals surface area contributed by atoms with Crippen LogP contribution in [0.15, 0.2) is 23.0 Å². The molecule has 2 aliphatic rings. The van der Waals surface area contributed by atoms with Gasteiger partial charge in [0.2, 0.25) is 0 Å². The summed E-state index contributed by atoms with van der Waals surface area (Å²) in [6, 6.07) is 5.00. The van der Waals surface area contributed by atoms with Gasteiger partial charge in [-0.2, -0.15) is 10.2 Å². The molecule has 0 N–H and O–H groups in total. The van der Waals surface area contributed by atoms with E-state index in [0.717, 1.165) is 30.8 Å². The molecule has 8 nitrogen and oxygen atoms in total. The van der Waals surface area contributed by atoms with Gasteiger partial charge in [-0.05, 0) is 37.0 Å². The summed E-state index contributed by atoms with van der Waals surface area (Å²) in [4.78, 5) is 27.9. The number of carbonyl (C=O) groups excluding carboxylic acids is 1.